The number of carbonyl (C=O) groups is 2. The summed E-state index contributed by atoms with van der Waals surface area (Å²) >= 11 is 0. The number of rotatable bonds is 6. The SMILES string of the molecule is COc1cc(C(=O)NC2CCN(C)CC2)ccc1Nc1ncc2c(n1)N(C1CCCCC1)[C@H](C)C(=O)N2C. The van der Waals surface area contributed by atoms with Crippen LogP contribution < -0.4 is 25.2 Å². The van der Waals surface area contributed by atoms with E-state index in [1.807, 2.05) is 13.0 Å². The average molecular weight is 522 g/mol. The molecular formula is C28H39N7O3. The lowest BCUT2D eigenvalue weighted by atomic mass is 9.92. The Balaban J connectivity index is 1.36. The number of nitrogens with zero attached hydrogens (tertiary/aromatic N) is 5. The number of anilines is 4. The lowest BCUT2D eigenvalue weighted by Gasteiger charge is -2.44. The van der Waals surface area contributed by atoms with Crippen molar-refractivity contribution in [2.75, 3.05) is 49.4 Å². The van der Waals surface area contributed by atoms with Crippen molar-refractivity contribution in [2.24, 2.45) is 0 Å². The average Bonchev–Trinajstić information content (AvgIpc) is 2.94. The van der Waals surface area contributed by atoms with E-state index in [0.29, 0.717) is 22.9 Å². The number of aromatic nitrogens is 2. The molecular weight excluding hydrogens is 482 g/mol. The number of likely N-dealkylation sites (N-methyl/N-ethyl adjacent to an activating group) is 1. The summed E-state index contributed by atoms with van der Waals surface area (Å²) in [4.78, 5) is 41.4. The highest BCUT2D eigenvalue weighted by Gasteiger charge is 2.39. The Hall–Kier alpha value is -3.40. The Morgan fingerprint density at radius 2 is 1.82 bits per heavy atom. The van der Waals surface area contributed by atoms with Crippen LogP contribution in [0.5, 0.6) is 5.75 Å². The second-order valence-corrected chi connectivity index (χ2v) is 10.8. The van der Waals surface area contributed by atoms with Gasteiger partial charge in [-0.25, -0.2) is 4.98 Å². The third kappa shape index (κ3) is 5.27. The number of fused-ring (bicyclic) bond motifs is 1. The maximum Gasteiger partial charge on any atom is 0.251 e. The first-order valence-corrected chi connectivity index (χ1v) is 13.7. The van der Waals surface area contributed by atoms with E-state index in [4.69, 9.17) is 9.72 Å². The molecule has 3 heterocycles. The van der Waals surface area contributed by atoms with Crippen LogP contribution in [0.25, 0.3) is 0 Å². The molecule has 2 N–H and O–H groups in total. The molecule has 2 aliphatic heterocycles. The molecule has 0 unspecified atom stereocenters. The van der Waals surface area contributed by atoms with Crippen molar-refractivity contribution < 1.29 is 14.3 Å². The standard InChI is InChI=1S/C28H39N7O3/c1-18-27(37)34(3)23-17-29-28(32-25(23)35(18)21-8-6-5-7-9-21)31-22-11-10-19(16-24(22)38-4)26(36)30-20-12-14-33(2)15-13-20/h10-11,16-18,20-21H,5-9,12-15H2,1-4H3,(H,30,36)(H,29,31,32)/t18-/m1/s1. The van der Waals surface area contributed by atoms with Crippen molar-refractivity contribution in [1.82, 2.24) is 20.2 Å². The van der Waals surface area contributed by atoms with Crippen molar-refractivity contribution >= 4 is 35.0 Å². The number of hydrogen-bond acceptors (Lipinski definition) is 8. The van der Waals surface area contributed by atoms with Gasteiger partial charge in [-0.2, -0.15) is 4.98 Å². The summed E-state index contributed by atoms with van der Waals surface area (Å²) in [5, 5.41) is 6.43. The van der Waals surface area contributed by atoms with Gasteiger partial charge in [-0.05, 0) is 70.9 Å². The van der Waals surface area contributed by atoms with Gasteiger partial charge in [0.2, 0.25) is 11.9 Å². The molecule has 1 saturated heterocycles. The van der Waals surface area contributed by atoms with Crippen LogP contribution in [0.15, 0.2) is 24.4 Å². The Kier molecular flexibility index (Phi) is 7.69. The first-order valence-electron chi connectivity index (χ1n) is 13.7. The topological polar surface area (TPSA) is 103 Å². The minimum atomic E-state index is -0.282. The summed E-state index contributed by atoms with van der Waals surface area (Å²) in [5.74, 6) is 1.69. The Bertz CT molecular complexity index is 1180. The zero-order valence-corrected chi connectivity index (χ0v) is 22.9. The monoisotopic (exact) mass is 521 g/mol. The van der Waals surface area contributed by atoms with Gasteiger partial charge < -0.3 is 30.1 Å². The number of nitrogens with one attached hydrogen (secondary N) is 2. The fourth-order valence-electron chi connectivity index (χ4n) is 5.88. The van der Waals surface area contributed by atoms with Gasteiger partial charge >= 0.3 is 0 Å². The highest BCUT2D eigenvalue weighted by molar-refractivity contribution is 6.04. The summed E-state index contributed by atoms with van der Waals surface area (Å²) < 4.78 is 5.62. The number of amides is 2. The van der Waals surface area contributed by atoms with Gasteiger partial charge in [0.15, 0.2) is 5.82 Å². The normalized spacial score (nSPS) is 21.3. The first kappa shape index (κ1) is 26.2. The molecule has 3 aliphatic rings. The molecule has 5 rings (SSSR count). The number of methoxy groups -OCH3 is 1. The molecule has 1 aliphatic carbocycles. The first-order chi connectivity index (χ1) is 18.4. The maximum atomic E-state index is 13.0. The van der Waals surface area contributed by atoms with Crippen molar-refractivity contribution in [1.29, 1.82) is 0 Å². The van der Waals surface area contributed by atoms with Gasteiger partial charge in [-0.1, -0.05) is 19.3 Å². The molecule has 2 amide bonds. The number of piperidine rings is 1. The molecule has 0 spiro atoms. The molecule has 1 aromatic carbocycles. The smallest absolute Gasteiger partial charge is 0.251 e. The van der Waals surface area contributed by atoms with Gasteiger partial charge in [0.05, 0.1) is 19.0 Å². The van der Waals surface area contributed by atoms with Crippen LogP contribution in [-0.4, -0.2) is 79.1 Å². The van der Waals surface area contributed by atoms with E-state index in [2.05, 4.69) is 32.5 Å². The predicted molar refractivity (Wildman–Crippen MR) is 149 cm³/mol. The van der Waals surface area contributed by atoms with E-state index in [9.17, 15) is 9.59 Å². The van der Waals surface area contributed by atoms with Crippen LogP contribution in [0.2, 0.25) is 0 Å². The van der Waals surface area contributed by atoms with Crippen LogP contribution in [0.3, 0.4) is 0 Å². The van der Waals surface area contributed by atoms with Crippen LogP contribution >= 0.6 is 0 Å². The van der Waals surface area contributed by atoms with Crippen LogP contribution in [0, 0.1) is 0 Å². The highest BCUT2D eigenvalue weighted by atomic mass is 16.5. The second kappa shape index (κ2) is 11.1. The van der Waals surface area contributed by atoms with Gasteiger partial charge in [-0.15, -0.1) is 0 Å². The summed E-state index contributed by atoms with van der Waals surface area (Å²) in [7, 11) is 5.47. The quantitative estimate of drug-likeness (QED) is 0.595. The van der Waals surface area contributed by atoms with Crippen LogP contribution in [-0.2, 0) is 4.79 Å². The van der Waals surface area contributed by atoms with Gasteiger partial charge in [-0.3, -0.25) is 9.59 Å². The fraction of sp³-hybridized carbons (Fsp3) is 0.571. The van der Waals surface area contributed by atoms with E-state index >= 15 is 0 Å². The van der Waals surface area contributed by atoms with Crippen molar-refractivity contribution in [3.63, 3.8) is 0 Å². The van der Waals surface area contributed by atoms with E-state index in [-0.39, 0.29) is 29.9 Å². The molecule has 10 nitrogen and oxygen atoms in total. The Morgan fingerprint density at radius 3 is 2.53 bits per heavy atom. The number of benzene rings is 1. The summed E-state index contributed by atoms with van der Waals surface area (Å²) in [6.07, 6.45) is 9.29. The van der Waals surface area contributed by atoms with Crippen molar-refractivity contribution in [3.05, 3.63) is 30.0 Å². The number of ether oxygens (including phenoxy) is 1. The molecule has 2 fully saturated rings. The lowest BCUT2D eigenvalue weighted by Crippen LogP contribution is -2.55. The molecule has 0 bridgehead atoms. The molecule has 0 radical (unpaired) electrons. The van der Waals surface area contributed by atoms with E-state index in [0.717, 1.165) is 50.3 Å². The number of carbonyl (C=O) groups excluding carboxylic acids is 2. The zero-order chi connectivity index (χ0) is 26.8. The molecule has 204 valence electrons. The molecule has 2 aromatic rings. The predicted octanol–water partition coefficient (Wildman–Crippen LogP) is 3.56. The number of hydrogen-bond donors (Lipinski definition) is 2. The number of likely N-dealkylation sites (tertiary alicyclic amines) is 1. The highest BCUT2D eigenvalue weighted by Crippen LogP contribution is 2.39. The second-order valence-electron chi connectivity index (χ2n) is 10.8. The molecule has 10 heteroatoms. The third-order valence-corrected chi connectivity index (χ3v) is 8.19. The minimum Gasteiger partial charge on any atom is -0.495 e. The molecule has 38 heavy (non-hydrogen) atoms. The van der Waals surface area contributed by atoms with Gasteiger partial charge in [0.25, 0.3) is 5.91 Å². The Morgan fingerprint density at radius 1 is 1.08 bits per heavy atom. The molecule has 1 aromatic heterocycles. The summed E-state index contributed by atoms with van der Waals surface area (Å²) in [6, 6.07) is 5.54. The third-order valence-electron chi connectivity index (χ3n) is 8.19. The van der Waals surface area contributed by atoms with E-state index < -0.39 is 0 Å². The lowest BCUT2D eigenvalue weighted by molar-refractivity contribution is -0.119. The van der Waals surface area contributed by atoms with Crippen LogP contribution in [0.1, 0.15) is 62.2 Å². The van der Waals surface area contributed by atoms with E-state index in [1.54, 1.807) is 37.4 Å². The maximum absolute atomic E-state index is 13.0. The summed E-state index contributed by atoms with van der Waals surface area (Å²) in [5.41, 5.74) is 1.94. The minimum absolute atomic E-state index is 0.0585. The van der Waals surface area contributed by atoms with Crippen molar-refractivity contribution in [3.8, 4) is 5.75 Å². The molecule has 1 saturated carbocycles. The van der Waals surface area contributed by atoms with E-state index in [1.165, 1.54) is 19.3 Å². The zero-order valence-electron chi connectivity index (χ0n) is 22.9. The largest absolute Gasteiger partial charge is 0.495 e. The van der Waals surface area contributed by atoms with Crippen molar-refractivity contribution in [2.45, 2.75) is 70.0 Å². The van der Waals surface area contributed by atoms with Gasteiger partial charge in [0.1, 0.15) is 17.5 Å². The molecule has 1 atom stereocenters. The summed E-state index contributed by atoms with van der Waals surface area (Å²) in [6.45, 7) is 3.93. The van der Waals surface area contributed by atoms with Gasteiger partial charge in [0, 0.05) is 24.7 Å². The van der Waals surface area contributed by atoms with Crippen LogP contribution in [0.4, 0.5) is 23.1 Å². The Labute approximate surface area is 224 Å². The fourth-order valence-corrected chi connectivity index (χ4v) is 5.88.